The second-order valence-corrected chi connectivity index (χ2v) is 5.13. The molecule has 0 spiro atoms. The van der Waals surface area contributed by atoms with Crippen LogP contribution in [0.15, 0.2) is 0 Å². The van der Waals surface area contributed by atoms with Crippen molar-refractivity contribution in [1.29, 1.82) is 0 Å². The van der Waals surface area contributed by atoms with Crippen molar-refractivity contribution >= 4 is 0 Å². The number of rotatable bonds is 4. The van der Waals surface area contributed by atoms with Crippen LogP contribution in [0.4, 0.5) is 0 Å². The Bertz CT molecular complexity index is 191. The molecule has 0 aromatic rings. The first kappa shape index (κ1) is 10.4. The van der Waals surface area contributed by atoms with Gasteiger partial charge in [-0.05, 0) is 47.1 Å². The predicted molar refractivity (Wildman–Crippen MR) is 59.6 cm³/mol. The average Bonchev–Trinajstić information content (AvgIpc) is 2.62. The first-order valence-corrected chi connectivity index (χ1v) is 5.76. The van der Waals surface area contributed by atoms with E-state index in [1.807, 2.05) is 0 Å². The predicted octanol–water partition coefficient (Wildman–Crippen LogP) is 0.326. The summed E-state index contributed by atoms with van der Waals surface area (Å²) in [6.07, 6.45) is 2.73. The molecule has 0 radical (unpaired) electrons. The van der Waals surface area contributed by atoms with E-state index in [0.717, 1.165) is 12.1 Å². The van der Waals surface area contributed by atoms with Gasteiger partial charge >= 0.3 is 0 Å². The van der Waals surface area contributed by atoms with Gasteiger partial charge in [0.25, 0.3) is 0 Å². The summed E-state index contributed by atoms with van der Waals surface area (Å²) in [7, 11) is 6.58. The summed E-state index contributed by atoms with van der Waals surface area (Å²) in [6, 6.07) is 1.73. The molecule has 2 unspecified atom stereocenters. The first-order valence-electron chi connectivity index (χ1n) is 5.76. The summed E-state index contributed by atoms with van der Waals surface area (Å²) in [5.41, 5.74) is 0. The maximum Gasteiger partial charge on any atom is 0.0239 e. The number of nitrogens with zero attached hydrogens (tertiary/aromatic N) is 3. The Morgan fingerprint density at radius 3 is 2.50 bits per heavy atom. The maximum absolute atomic E-state index is 2.69. The Morgan fingerprint density at radius 2 is 2.00 bits per heavy atom. The number of likely N-dealkylation sites (N-methyl/N-ethyl adjacent to an activating group) is 1. The second kappa shape index (κ2) is 4.17. The smallest absolute Gasteiger partial charge is 0.0239 e. The van der Waals surface area contributed by atoms with Crippen molar-refractivity contribution < 1.29 is 0 Å². The van der Waals surface area contributed by atoms with Crippen LogP contribution in [0.2, 0.25) is 0 Å². The zero-order chi connectivity index (χ0) is 10.1. The fourth-order valence-corrected chi connectivity index (χ4v) is 2.81. The third-order valence-electron chi connectivity index (χ3n) is 3.68. The van der Waals surface area contributed by atoms with Crippen molar-refractivity contribution in [3.63, 3.8) is 0 Å². The highest BCUT2D eigenvalue weighted by atomic mass is 15.3. The zero-order valence-corrected chi connectivity index (χ0v) is 9.74. The molecule has 2 fully saturated rings. The Kier molecular flexibility index (Phi) is 3.10. The molecule has 2 atom stereocenters. The lowest BCUT2D eigenvalue weighted by Crippen LogP contribution is -2.45. The van der Waals surface area contributed by atoms with Crippen LogP contribution in [0, 0.1) is 0 Å². The van der Waals surface area contributed by atoms with Gasteiger partial charge in [0, 0.05) is 25.2 Å². The van der Waals surface area contributed by atoms with Crippen LogP contribution in [0.5, 0.6) is 0 Å². The molecule has 2 rings (SSSR count). The lowest BCUT2D eigenvalue weighted by atomic mass is 10.2. The van der Waals surface area contributed by atoms with Gasteiger partial charge in [0.15, 0.2) is 0 Å². The van der Waals surface area contributed by atoms with E-state index in [-0.39, 0.29) is 0 Å². The lowest BCUT2D eigenvalue weighted by molar-refractivity contribution is 0.145. The van der Waals surface area contributed by atoms with E-state index in [1.54, 1.807) is 0 Å². The van der Waals surface area contributed by atoms with Crippen molar-refractivity contribution in [3.8, 4) is 0 Å². The molecule has 2 bridgehead atoms. The van der Waals surface area contributed by atoms with Crippen LogP contribution < -0.4 is 0 Å². The second-order valence-electron chi connectivity index (χ2n) is 5.13. The molecule has 0 aliphatic carbocycles. The Balaban J connectivity index is 1.69. The molecule has 2 saturated heterocycles. The molecule has 2 aliphatic heterocycles. The largest absolute Gasteiger partial charge is 0.309 e. The van der Waals surface area contributed by atoms with Crippen LogP contribution in [0.25, 0.3) is 0 Å². The van der Waals surface area contributed by atoms with Crippen LogP contribution in [0.3, 0.4) is 0 Å². The van der Waals surface area contributed by atoms with Gasteiger partial charge in [0.05, 0.1) is 0 Å². The maximum atomic E-state index is 2.69. The quantitative estimate of drug-likeness (QED) is 0.643. The van der Waals surface area contributed by atoms with E-state index in [9.17, 15) is 0 Å². The lowest BCUT2D eigenvalue weighted by Gasteiger charge is -2.32. The summed E-state index contributed by atoms with van der Waals surface area (Å²) in [6.45, 7) is 5.14. The van der Waals surface area contributed by atoms with Gasteiger partial charge in [-0.15, -0.1) is 0 Å². The van der Waals surface area contributed by atoms with E-state index in [0.29, 0.717) is 0 Å². The summed E-state index contributed by atoms with van der Waals surface area (Å²) in [5.74, 6) is 0. The van der Waals surface area contributed by atoms with E-state index < -0.39 is 0 Å². The number of hydrogen-bond donors (Lipinski definition) is 0. The van der Waals surface area contributed by atoms with Gasteiger partial charge in [0.1, 0.15) is 0 Å². The summed E-state index contributed by atoms with van der Waals surface area (Å²) in [4.78, 5) is 7.49. The molecule has 2 heterocycles. The molecule has 0 N–H and O–H groups in total. The monoisotopic (exact) mass is 197 g/mol. The Labute approximate surface area is 87.7 Å². The highest BCUT2D eigenvalue weighted by molar-refractivity contribution is 4.98. The molecule has 0 aromatic carbocycles. The number of piperazine rings is 1. The van der Waals surface area contributed by atoms with Gasteiger partial charge in [-0.25, -0.2) is 0 Å². The molecule has 3 nitrogen and oxygen atoms in total. The average molecular weight is 197 g/mol. The van der Waals surface area contributed by atoms with Gasteiger partial charge < -0.3 is 9.80 Å². The molecule has 0 saturated carbocycles. The van der Waals surface area contributed by atoms with Gasteiger partial charge in [0.2, 0.25) is 0 Å². The number of likely N-dealkylation sites (tertiary alicyclic amines) is 2. The summed E-state index contributed by atoms with van der Waals surface area (Å²) < 4.78 is 0. The topological polar surface area (TPSA) is 9.72 Å². The molecule has 14 heavy (non-hydrogen) atoms. The van der Waals surface area contributed by atoms with Crippen molar-refractivity contribution in [2.75, 3.05) is 47.3 Å². The van der Waals surface area contributed by atoms with Crippen LogP contribution in [-0.2, 0) is 0 Å². The fourth-order valence-electron chi connectivity index (χ4n) is 2.81. The molecule has 0 aromatic heterocycles. The Morgan fingerprint density at radius 1 is 1.21 bits per heavy atom. The zero-order valence-electron chi connectivity index (χ0n) is 9.74. The van der Waals surface area contributed by atoms with Crippen LogP contribution in [0.1, 0.15) is 12.8 Å². The van der Waals surface area contributed by atoms with Crippen molar-refractivity contribution in [2.45, 2.75) is 24.9 Å². The van der Waals surface area contributed by atoms with Crippen molar-refractivity contribution in [3.05, 3.63) is 0 Å². The SMILES string of the molecule is CN(C)CCCN1CC2CC1CN2C. The van der Waals surface area contributed by atoms with Crippen LogP contribution in [-0.4, -0.2) is 74.1 Å². The molecular weight excluding hydrogens is 174 g/mol. The van der Waals surface area contributed by atoms with E-state index >= 15 is 0 Å². The standard InChI is InChI=1S/C11H23N3/c1-12(2)5-4-6-14-9-10-7-11(14)8-13(10)3/h10-11H,4-9H2,1-3H3. The number of hydrogen-bond acceptors (Lipinski definition) is 3. The van der Waals surface area contributed by atoms with Crippen molar-refractivity contribution in [2.24, 2.45) is 0 Å². The van der Waals surface area contributed by atoms with Gasteiger partial charge in [-0.2, -0.15) is 0 Å². The molecule has 82 valence electrons. The molecular formula is C11H23N3. The minimum absolute atomic E-state index is 0.861. The molecule has 0 amide bonds. The minimum Gasteiger partial charge on any atom is -0.309 e. The van der Waals surface area contributed by atoms with Gasteiger partial charge in [-0.1, -0.05) is 0 Å². The third kappa shape index (κ3) is 2.10. The minimum atomic E-state index is 0.861. The van der Waals surface area contributed by atoms with E-state index in [1.165, 1.54) is 39.0 Å². The molecule has 2 aliphatic rings. The third-order valence-corrected chi connectivity index (χ3v) is 3.68. The summed E-state index contributed by atoms with van der Waals surface area (Å²) in [5, 5.41) is 0. The van der Waals surface area contributed by atoms with E-state index in [4.69, 9.17) is 0 Å². The van der Waals surface area contributed by atoms with Gasteiger partial charge in [-0.3, -0.25) is 4.90 Å². The molecule has 3 heteroatoms. The van der Waals surface area contributed by atoms with E-state index in [2.05, 4.69) is 35.8 Å². The number of fused-ring (bicyclic) bond motifs is 2. The van der Waals surface area contributed by atoms with Crippen molar-refractivity contribution in [1.82, 2.24) is 14.7 Å². The van der Waals surface area contributed by atoms with Crippen LogP contribution >= 0.6 is 0 Å². The summed E-state index contributed by atoms with van der Waals surface area (Å²) >= 11 is 0. The highest BCUT2D eigenvalue weighted by Crippen LogP contribution is 2.28. The first-order chi connectivity index (χ1) is 6.66. The highest BCUT2D eigenvalue weighted by Gasteiger charge is 2.40. The Hall–Kier alpha value is -0.120. The normalized spacial score (nSPS) is 33.4. The fraction of sp³-hybridized carbons (Fsp3) is 1.00.